The quantitative estimate of drug-likeness (QED) is 0.771. The van der Waals surface area contributed by atoms with Gasteiger partial charge in [0.2, 0.25) is 0 Å². The summed E-state index contributed by atoms with van der Waals surface area (Å²) in [7, 11) is 0. The number of benzene rings is 2. The highest BCUT2D eigenvalue weighted by atomic mass is 127. The van der Waals surface area contributed by atoms with Crippen molar-refractivity contribution in [1.82, 2.24) is 0 Å². The number of alkyl halides is 2. The summed E-state index contributed by atoms with van der Waals surface area (Å²) in [5.41, 5.74) is 1.90. The van der Waals surface area contributed by atoms with Gasteiger partial charge in [0.25, 0.3) is 6.43 Å². The molecule has 0 saturated heterocycles. The lowest BCUT2D eigenvalue weighted by atomic mass is 10.1. The number of hydrogen-bond donors (Lipinski definition) is 1. The highest BCUT2D eigenvalue weighted by molar-refractivity contribution is 14.1. The van der Waals surface area contributed by atoms with Crippen molar-refractivity contribution in [3.63, 3.8) is 0 Å². The predicted octanol–water partition coefficient (Wildman–Crippen LogP) is 4.84. The second-order valence-corrected chi connectivity index (χ2v) is 5.15. The Bertz CT molecular complexity index is 511. The Hall–Kier alpha value is -1.17. The molecule has 0 radical (unpaired) electrons. The van der Waals surface area contributed by atoms with Crippen molar-refractivity contribution >= 4 is 28.3 Å². The van der Waals surface area contributed by atoms with Crippen LogP contribution in [0.15, 0.2) is 48.5 Å². The molecule has 94 valence electrons. The zero-order chi connectivity index (χ0) is 13.0. The monoisotopic (exact) mass is 359 g/mol. The largest absolute Gasteiger partial charge is 0.381 e. The lowest BCUT2D eigenvalue weighted by Crippen LogP contribution is -2.00. The highest BCUT2D eigenvalue weighted by Crippen LogP contribution is 2.20. The van der Waals surface area contributed by atoms with Crippen LogP contribution in [0.4, 0.5) is 14.5 Å². The molecule has 0 aliphatic carbocycles. The van der Waals surface area contributed by atoms with Gasteiger partial charge >= 0.3 is 0 Å². The van der Waals surface area contributed by atoms with Crippen LogP contribution in [-0.4, -0.2) is 0 Å². The lowest BCUT2D eigenvalue weighted by molar-refractivity contribution is 0.151. The first-order chi connectivity index (χ1) is 8.65. The van der Waals surface area contributed by atoms with Gasteiger partial charge in [-0.3, -0.25) is 0 Å². The average Bonchev–Trinajstić information content (AvgIpc) is 2.38. The van der Waals surface area contributed by atoms with E-state index in [0.29, 0.717) is 6.54 Å². The molecule has 2 aromatic carbocycles. The molecule has 0 bridgehead atoms. The summed E-state index contributed by atoms with van der Waals surface area (Å²) in [6, 6.07) is 14.4. The molecule has 0 unspecified atom stereocenters. The first-order valence-corrected chi connectivity index (χ1v) is 6.59. The third kappa shape index (κ3) is 3.66. The molecule has 0 aliphatic heterocycles. The lowest BCUT2D eigenvalue weighted by Gasteiger charge is -2.08. The molecule has 0 atom stereocenters. The Morgan fingerprint density at radius 3 is 2.44 bits per heavy atom. The second kappa shape index (κ2) is 6.13. The van der Waals surface area contributed by atoms with Crippen LogP contribution in [0.3, 0.4) is 0 Å². The van der Waals surface area contributed by atoms with E-state index < -0.39 is 6.43 Å². The van der Waals surface area contributed by atoms with Crippen LogP contribution in [0.25, 0.3) is 0 Å². The number of anilines is 1. The van der Waals surface area contributed by atoms with E-state index in [9.17, 15) is 8.78 Å². The van der Waals surface area contributed by atoms with Gasteiger partial charge in [-0.2, -0.15) is 0 Å². The first-order valence-electron chi connectivity index (χ1n) is 5.51. The van der Waals surface area contributed by atoms with Crippen LogP contribution >= 0.6 is 22.6 Å². The number of rotatable bonds is 4. The van der Waals surface area contributed by atoms with Crippen molar-refractivity contribution < 1.29 is 8.78 Å². The van der Waals surface area contributed by atoms with E-state index in [2.05, 4.69) is 27.9 Å². The molecule has 0 amide bonds. The minimum absolute atomic E-state index is 0.0666. The van der Waals surface area contributed by atoms with E-state index >= 15 is 0 Å². The van der Waals surface area contributed by atoms with Crippen LogP contribution in [0.2, 0.25) is 0 Å². The minimum Gasteiger partial charge on any atom is -0.381 e. The molecule has 0 fully saturated rings. The Kier molecular flexibility index (Phi) is 4.52. The summed E-state index contributed by atoms with van der Waals surface area (Å²) in [4.78, 5) is 0. The number of hydrogen-bond acceptors (Lipinski definition) is 1. The first kappa shape index (κ1) is 13.3. The van der Waals surface area contributed by atoms with E-state index in [1.807, 2.05) is 30.3 Å². The molecule has 2 aromatic rings. The molecule has 0 aliphatic rings. The van der Waals surface area contributed by atoms with Gasteiger partial charge in [-0.25, -0.2) is 8.78 Å². The van der Waals surface area contributed by atoms with Gasteiger partial charge in [-0.1, -0.05) is 18.2 Å². The van der Waals surface area contributed by atoms with E-state index in [-0.39, 0.29) is 5.56 Å². The summed E-state index contributed by atoms with van der Waals surface area (Å²) in [6.45, 7) is 0.543. The third-order valence-electron chi connectivity index (χ3n) is 2.54. The van der Waals surface area contributed by atoms with E-state index in [4.69, 9.17) is 0 Å². The normalized spacial score (nSPS) is 10.7. The van der Waals surface area contributed by atoms with Crippen molar-refractivity contribution in [3.8, 4) is 0 Å². The van der Waals surface area contributed by atoms with E-state index in [1.54, 1.807) is 6.07 Å². The summed E-state index contributed by atoms with van der Waals surface area (Å²) < 4.78 is 26.2. The van der Waals surface area contributed by atoms with Crippen molar-refractivity contribution in [2.75, 3.05) is 5.32 Å². The van der Waals surface area contributed by atoms with Crippen molar-refractivity contribution in [2.24, 2.45) is 0 Å². The highest BCUT2D eigenvalue weighted by Gasteiger charge is 2.06. The van der Waals surface area contributed by atoms with E-state index in [0.717, 1.165) is 14.8 Å². The third-order valence-corrected chi connectivity index (χ3v) is 3.26. The van der Waals surface area contributed by atoms with Gasteiger partial charge in [0.1, 0.15) is 0 Å². The second-order valence-electron chi connectivity index (χ2n) is 3.91. The molecular weight excluding hydrogens is 347 g/mol. The maximum absolute atomic E-state index is 12.5. The molecule has 4 heteroatoms. The summed E-state index contributed by atoms with van der Waals surface area (Å²) in [5.74, 6) is 0. The van der Waals surface area contributed by atoms with Crippen molar-refractivity contribution in [2.45, 2.75) is 13.0 Å². The van der Waals surface area contributed by atoms with Crippen LogP contribution in [0, 0.1) is 3.57 Å². The number of halogens is 3. The zero-order valence-corrected chi connectivity index (χ0v) is 11.7. The van der Waals surface area contributed by atoms with Gasteiger partial charge in [0.15, 0.2) is 0 Å². The Labute approximate surface area is 118 Å². The molecule has 0 saturated carbocycles. The van der Waals surface area contributed by atoms with Crippen molar-refractivity contribution in [3.05, 3.63) is 63.2 Å². The summed E-state index contributed by atoms with van der Waals surface area (Å²) >= 11 is 2.24. The van der Waals surface area contributed by atoms with Gasteiger partial charge in [0, 0.05) is 21.4 Å². The fraction of sp³-hybridized carbons (Fsp3) is 0.143. The maximum atomic E-state index is 12.5. The van der Waals surface area contributed by atoms with Gasteiger partial charge in [-0.05, 0) is 58.5 Å². The smallest absolute Gasteiger partial charge is 0.263 e. The van der Waals surface area contributed by atoms with Crippen LogP contribution < -0.4 is 5.32 Å². The molecular formula is C14H12F2IN. The minimum atomic E-state index is -2.41. The fourth-order valence-corrected chi connectivity index (χ4v) is 1.97. The average molecular weight is 359 g/mol. The number of nitrogens with one attached hydrogen (secondary N) is 1. The molecule has 18 heavy (non-hydrogen) atoms. The molecule has 1 nitrogen and oxygen atoms in total. The van der Waals surface area contributed by atoms with Crippen molar-refractivity contribution in [1.29, 1.82) is 0 Å². The Balaban J connectivity index is 2.01. The molecule has 0 spiro atoms. The molecule has 0 heterocycles. The van der Waals surface area contributed by atoms with Crippen LogP contribution in [0.1, 0.15) is 17.6 Å². The predicted molar refractivity (Wildman–Crippen MR) is 77.9 cm³/mol. The zero-order valence-electron chi connectivity index (χ0n) is 9.54. The molecule has 2 rings (SSSR count). The Morgan fingerprint density at radius 1 is 1.06 bits per heavy atom. The topological polar surface area (TPSA) is 12.0 Å². The molecule has 1 N–H and O–H groups in total. The Morgan fingerprint density at radius 2 is 1.78 bits per heavy atom. The van der Waals surface area contributed by atoms with Gasteiger partial charge in [-0.15, -0.1) is 0 Å². The van der Waals surface area contributed by atoms with Crippen LogP contribution in [0.5, 0.6) is 0 Å². The standard InChI is InChI=1S/C14H12F2IN/c15-14(16)11-3-1-2-10(8-11)9-18-13-6-4-12(17)5-7-13/h1-8,14,18H,9H2. The maximum Gasteiger partial charge on any atom is 0.263 e. The van der Waals surface area contributed by atoms with Crippen LogP contribution in [-0.2, 0) is 6.54 Å². The summed E-state index contributed by atoms with van der Waals surface area (Å²) in [5, 5.41) is 3.21. The fourth-order valence-electron chi connectivity index (χ4n) is 1.61. The van der Waals surface area contributed by atoms with Gasteiger partial charge < -0.3 is 5.32 Å². The summed E-state index contributed by atoms with van der Waals surface area (Å²) in [6.07, 6.45) is -2.41. The molecule has 0 aromatic heterocycles. The SMILES string of the molecule is FC(F)c1cccc(CNc2ccc(I)cc2)c1. The van der Waals surface area contributed by atoms with Gasteiger partial charge in [0.05, 0.1) is 0 Å². The van der Waals surface area contributed by atoms with E-state index in [1.165, 1.54) is 12.1 Å².